The number of aliphatic hydroxyl groups is 1. The fourth-order valence-corrected chi connectivity index (χ4v) is 1.38. The van der Waals surface area contributed by atoms with Crippen LogP contribution in [0, 0.1) is 10.1 Å². The van der Waals surface area contributed by atoms with Gasteiger partial charge in [0.1, 0.15) is 0 Å². The van der Waals surface area contributed by atoms with E-state index >= 15 is 0 Å². The fourth-order valence-electron chi connectivity index (χ4n) is 1.20. The molecule has 5 nitrogen and oxygen atoms in total. The van der Waals surface area contributed by atoms with Crippen molar-refractivity contribution in [2.24, 2.45) is 0 Å². The summed E-state index contributed by atoms with van der Waals surface area (Å²) in [5, 5.41) is 23.2. The minimum Gasteiger partial charge on any atom is -0.394 e. The summed E-state index contributed by atoms with van der Waals surface area (Å²) in [6.07, 6.45) is 0. The molecular formula is C11H15ClN2O3. The molecule has 1 rings (SSSR count). The third-order valence-corrected chi connectivity index (χ3v) is 2.76. The number of halogens is 1. The number of rotatable bonds is 5. The van der Waals surface area contributed by atoms with Crippen LogP contribution in [0.4, 0.5) is 5.69 Å². The highest BCUT2D eigenvalue weighted by Gasteiger charge is 2.17. The zero-order chi connectivity index (χ0) is 13.1. The minimum atomic E-state index is -0.461. The largest absolute Gasteiger partial charge is 0.394 e. The van der Waals surface area contributed by atoms with Gasteiger partial charge in [0.2, 0.25) is 0 Å². The lowest BCUT2D eigenvalue weighted by Crippen LogP contribution is -2.42. The number of nitro benzene ring substituents is 1. The van der Waals surface area contributed by atoms with E-state index in [1.807, 2.05) is 13.8 Å². The van der Waals surface area contributed by atoms with Crippen molar-refractivity contribution in [2.45, 2.75) is 25.9 Å². The molecule has 0 fully saturated rings. The number of aliphatic hydroxyl groups excluding tert-OH is 1. The van der Waals surface area contributed by atoms with Crippen molar-refractivity contribution in [1.29, 1.82) is 0 Å². The molecule has 0 unspecified atom stereocenters. The maximum Gasteiger partial charge on any atom is 0.269 e. The molecular weight excluding hydrogens is 244 g/mol. The molecule has 0 spiro atoms. The normalized spacial score (nSPS) is 11.5. The molecule has 2 N–H and O–H groups in total. The van der Waals surface area contributed by atoms with Gasteiger partial charge < -0.3 is 10.4 Å². The van der Waals surface area contributed by atoms with Crippen LogP contribution in [-0.2, 0) is 6.54 Å². The lowest BCUT2D eigenvalue weighted by molar-refractivity contribution is -0.384. The van der Waals surface area contributed by atoms with Crippen LogP contribution in [0.1, 0.15) is 19.4 Å². The summed E-state index contributed by atoms with van der Waals surface area (Å²) in [6, 6.07) is 4.30. The molecule has 0 heterocycles. The molecule has 0 aliphatic heterocycles. The third kappa shape index (κ3) is 3.96. The molecule has 0 saturated heterocycles. The van der Waals surface area contributed by atoms with E-state index in [1.54, 1.807) is 0 Å². The SMILES string of the molecule is CC(C)(CO)NCc1cc([N+](=O)[O-])ccc1Cl. The summed E-state index contributed by atoms with van der Waals surface area (Å²) in [5.74, 6) is 0. The number of non-ortho nitro benzene ring substituents is 1. The van der Waals surface area contributed by atoms with E-state index in [0.29, 0.717) is 17.1 Å². The van der Waals surface area contributed by atoms with Crippen LogP contribution in [0.5, 0.6) is 0 Å². The summed E-state index contributed by atoms with van der Waals surface area (Å²) in [6.45, 7) is 4.00. The second kappa shape index (κ2) is 5.44. The fraction of sp³-hybridized carbons (Fsp3) is 0.455. The maximum atomic E-state index is 10.6. The number of hydrogen-bond donors (Lipinski definition) is 2. The molecule has 0 aliphatic rings. The molecule has 17 heavy (non-hydrogen) atoms. The van der Waals surface area contributed by atoms with Crippen LogP contribution >= 0.6 is 11.6 Å². The van der Waals surface area contributed by atoms with Crippen molar-refractivity contribution >= 4 is 17.3 Å². The van der Waals surface area contributed by atoms with E-state index in [1.165, 1.54) is 18.2 Å². The standard InChI is InChI=1S/C11H15ClN2O3/c1-11(2,7-15)13-6-8-5-9(14(16)17)3-4-10(8)12/h3-5,13,15H,6-7H2,1-2H3. The first kappa shape index (κ1) is 13.9. The van der Waals surface area contributed by atoms with Crippen molar-refractivity contribution in [3.63, 3.8) is 0 Å². The molecule has 0 saturated carbocycles. The van der Waals surface area contributed by atoms with Gasteiger partial charge >= 0.3 is 0 Å². The number of hydrogen-bond acceptors (Lipinski definition) is 4. The molecule has 0 amide bonds. The molecule has 0 aromatic heterocycles. The second-order valence-corrected chi connectivity index (χ2v) is 4.84. The average Bonchev–Trinajstić information content (AvgIpc) is 2.27. The van der Waals surface area contributed by atoms with Crippen LogP contribution in [0.25, 0.3) is 0 Å². The molecule has 6 heteroatoms. The Labute approximate surface area is 105 Å². The van der Waals surface area contributed by atoms with Crippen molar-refractivity contribution in [3.05, 3.63) is 38.9 Å². The Morgan fingerprint density at radius 2 is 2.18 bits per heavy atom. The number of nitrogens with zero attached hydrogens (tertiary/aromatic N) is 1. The van der Waals surface area contributed by atoms with E-state index in [2.05, 4.69) is 5.32 Å². The second-order valence-electron chi connectivity index (χ2n) is 4.43. The van der Waals surface area contributed by atoms with Crippen LogP contribution in [-0.4, -0.2) is 22.2 Å². The minimum absolute atomic E-state index is 0.00741. The van der Waals surface area contributed by atoms with Gasteiger partial charge in [0.05, 0.1) is 11.5 Å². The van der Waals surface area contributed by atoms with Gasteiger partial charge in [-0.25, -0.2) is 0 Å². The van der Waals surface area contributed by atoms with Crippen LogP contribution in [0.15, 0.2) is 18.2 Å². The highest BCUT2D eigenvalue weighted by molar-refractivity contribution is 6.31. The van der Waals surface area contributed by atoms with Gasteiger partial charge in [0.15, 0.2) is 0 Å². The van der Waals surface area contributed by atoms with E-state index in [0.717, 1.165) is 0 Å². The van der Waals surface area contributed by atoms with Gasteiger partial charge in [-0.15, -0.1) is 0 Å². The average molecular weight is 259 g/mol. The zero-order valence-electron chi connectivity index (χ0n) is 9.74. The van der Waals surface area contributed by atoms with Gasteiger partial charge in [0.25, 0.3) is 5.69 Å². The van der Waals surface area contributed by atoms with Crippen LogP contribution < -0.4 is 5.32 Å². The van der Waals surface area contributed by atoms with E-state index in [9.17, 15) is 10.1 Å². The molecule has 0 aliphatic carbocycles. The predicted octanol–water partition coefficient (Wildman–Crippen LogP) is 2.11. The smallest absolute Gasteiger partial charge is 0.269 e. The number of nitrogens with one attached hydrogen (secondary N) is 1. The van der Waals surface area contributed by atoms with Crippen molar-refractivity contribution < 1.29 is 10.0 Å². The van der Waals surface area contributed by atoms with E-state index in [4.69, 9.17) is 16.7 Å². The Morgan fingerprint density at radius 3 is 2.71 bits per heavy atom. The molecule has 0 atom stereocenters. The third-order valence-electron chi connectivity index (χ3n) is 2.39. The summed E-state index contributed by atoms with van der Waals surface area (Å²) in [7, 11) is 0. The van der Waals surface area contributed by atoms with Gasteiger partial charge in [-0.05, 0) is 25.5 Å². The van der Waals surface area contributed by atoms with Crippen molar-refractivity contribution in [1.82, 2.24) is 5.32 Å². The first-order valence-corrected chi connectivity index (χ1v) is 5.52. The summed E-state index contributed by atoms with van der Waals surface area (Å²) in [5.41, 5.74) is 0.198. The lowest BCUT2D eigenvalue weighted by Gasteiger charge is -2.23. The van der Waals surface area contributed by atoms with Crippen LogP contribution in [0.2, 0.25) is 5.02 Å². The Kier molecular flexibility index (Phi) is 4.45. The summed E-state index contributed by atoms with van der Waals surface area (Å²) >= 11 is 5.95. The molecule has 1 aromatic carbocycles. The Bertz CT molecular complexity index is 421. The Hall–Kier alpha value is -1.17. The molecule has 94 valence electrons. The van der Waals surface area contributed by atoms with Crippen molar-refractivity contribution in [3.8, 4) is 0 Å². The van der Waals surface area contributed by atoms with Gasteiger partial charge in [-0.1, -0.05) is 11.6 Å². The molecule has 0 radical (unpaired) electrons. The predicted molar refractivity (Wildman–Crippen MR) is 66.1 cm³/mol. The zero-order valence-corrected chi connectivity index (χ0v) is 10.5. The van der Waals surface area contributed by atoms with E-state index < -0.39 is 10.5 Å². The van der Waals surface area contributed by atoms with Crippen molar-refractivity contribution in [2.75, 3.05) is 6.61 Å². The van der Waals surface area contributed by atoms with Gasteiger partial charge in [-0.2, -0.15) is 0 Å². The highest BCUT2D eigenvalue weighted by atomic mass is 35.5. The topological polar surface area (TPSA) is 75.4 Å². The molecule has 0 bridgehead atoms. The van der Waals surface area contributed by atoms with Gasteiger partial charge in [0, 0.05) is 29.2 Å². The monoisotopic (exact) mass is 258 g/mol. The molecule has 1 aromatic rings. The quantitative estimate of drug-likeness (QED) is 0.627. The summed E-state index contributed by atoms with van der Waals surface area (Å²) < 4.78 is 0. The first-order chi connectivity index (χ1) is 7.85. The Morgan fingerprint density at radius 1 is 1.53 bits per heavy atom. The van der Waals surface area contributed by atoms with E-state index in [-0.39, 0.29) is 12.3 Å². The maximum absolute atomic E-state index is 10.6. The van der Waals surface area contributed by atoms with Gasteiger partial charge in [-0.3, -0.25) is 10.1 Å². The number of benzene rings is 1. The highest BCUT2D eigenvalue weighted by Crippen LogP contribution is 2.22. The Balaban J connectivity index is 2.83. The number of nitro groups is 1. The first-order valence-electron chi connectivity index (χ1n) is 5.14. The van der Waals surface area contributed by atoms with Crippen LogP contribution in [0.3, 0.4) is 0 Å². The lowest BCUT2D eigenvalue weighted by atomic mass is 10.1. The summed E-state index contributed by atoms with van der Waals surface area (Å²) in [4.78, 5) is 10.2.